The molecule has 3 heterocycles. The number of hydrogen-bond acceptors (Lipinski definition) is 5. The van der Waals surface area contributed by atoms with Gasteiger partial charge in [0.15, 0.2) is 5.11 Å². The third-order valence-electron chi connectivity index (χ3n) is 5.37. The fraction of sp³-hybridized carbons (Fsp3) is 0.292. The first-order chi connectivity index (χ1) is 15.7. The number of thiocarbonyl (C=S) groups is 1. The molecule has 0 saturated carbocycles. The molecular formula is C24H25BrN4O2S2. The molecular weight excluding hydrogens is 520 g/mol. The van der Waals surface area contributed by atoms with E-state index in [0.717, 1.165) is 20.7 Å². The van der Waals surface area contributed by atoms with Crippen LogP contribution in [0.1, 0.15) is 43.4 Å². The zero-order valence-electron chi connectivity index (χ0n) is 18.8. The van der Waals surface area contributed by atoms with E-state index in [-0.39, 0.29) is 18.0 Å². The highest BCUT2D eigenvalue weighted by Gasteiger charge is 2.41. The number of pyridine rings is 1. The van der Waals surface area contributed by atoms with E-state index in [1.807, 2.05) is 57.2 Å². The second kappa shape index (κ2) is 9.40. The molecule has 1 amide bonds. The summed E-state index contributed by atoms with van der Waals surface area (Å²) in [5.41, 5.74) is 1.89. The summed E-state index contributed by atoms with van der Waals surface area (Å²) < 4.78 is 6.65. The monoisotopic (exact) mass is 544 g/mol. The summed E-state index contributed by atoms with van der Waals surface area (Å²) in [6.45, 7) is 5.62. The molecule has 1 saturated heterocycles. The van der Waals surface area contributed by atoms with Crippen LogP contribution in [-0.2, 0) is 4.79 Å². The summed E-state index contributed by atoms with van der Waals surface area (Å²) in [6.07, 6.45) is 1.79. The van der Waals surface area contributed by atoms with Crippen LogP contribution in [-0.4, -0.2) is 23.1 Å². The number of nitrogens with zero attached hydrogens (tertiary/aromatic N) is 2. The number of amides is 1. The van der Waals surface area contributed by atoms with E-state index in [4.69, 9.17) is 17.0 Å². The minimum atomic E-state index is -0.516. The lowest BCUT2D eigenvalue weighted by Gasteiger charge is -2.27. The summed E-state index contributed by atoms with van der Waals surface area (Å²) in [4.78, 5) is 20.3. The van der Waals surface area contributed by atoms with Crippen LogP contribution >= 0.6 is 39.5 Å². The Bertz CT molecular complexity index is 1180. The van der Waals surface area contributed by atoms with Gasteiger partial charge in [0.2, 0.25) is 5.91 Å². The Labute approximate surface area is 211 Å². The Hall–Kier alpha value is -2.49. The molecule has 1 aliphatic heterocycles. The standard InChI is InChI=1S/C24H25BrN4O2S2/c1-24(2,3)22(30)27-16-9-8-15(12-18(16)31-4)29-21(19-11-14(25)13-33-19)20(28-23(29)32)17-7-5-6-10-26-17/h5-13,20-21H,1-4H3,(H,27,30)(H,28,32)/t20-,21-/m0/s1. The van der Waals surface area contributed by atoms with Crippen LogP contribution < -0.4 is 20.3 Å². The number of hydrogen-bond donors (Lipinski definition) is 2. The third-order valence-corrected chi connectivity index (χ3v) is 7.45. The van der Waals surface area contributed by atoms with E-state index in [2.05, 4.69) is 47.9 Å². The number of halogens is 1. The number of thiophene rings is 1. The molecule has 172 valence electrons. The number of benzene rings is 1. The molecule has 0 spiro atoms. The number of methoxy groups -OCH3 is 1. The highest BCUT2D eigenvalue weighted by atomic mass is 79.9. The lowest BCUT2D eigenvalue weighted by Crippen LogP contribution is -2.29. The van der Waals surface area contributed by atoms with Crippen LogP contribution in [0.5, 0.6) is 5.75 Å². The SMILES string of the molecule is COc1cc(N2C(=S)N[C@@H](c3ccccn3)[C@@H]2c2cc(Br)cs2)ccc1NC(=O)C(C)(C)C. The Kier molecular flexibility index (Phi) is 6.74. The number of carbonyl (C=O) groups is 1. The maximum atomic E-state index is 12.5. The molecule has 2 aromatic heterocycles. The molecule has 0 unspecified atom stereocenters. The van der Waals surface area contributed by atoms with Crippen molar-refractivity contribution in [2.24, 2.45) is 5.41 Å². The maximum Gasteiger partial charge on any atom is 0.229 e. The van der Waals surface area contributed by atoms with Gasteiger partial charge in [-0.25, -0.2) is 0 Å². The molecule has 4 rings (SSSR count). The van der Waals surface area contributed by atoms with Crippen molar-refractivity contribution in [1.29, 1.82) is 0 Å². The number of rotatable bonds is 5. The van der Waals surface area contributed by atoms with Crippen molar-refractivity contribution in [3.05, 3.63) is 69.1 Å². The summed E-state index contributed by atoms with van der Waals surface area (Å²) >= 11 is 11.0. The van der Waals surface area contributed by atoms with Gasteiger partial charge in [-0.1, -0.05) is 26.8 Å². The summed E-state index contributed by atoms with van der Waals surface area (Å²) in [6, 6.07) is 13.5. The maximum absolute atomic E-state index is 12.5. The summed E-state index contributed by atoms with van der Waals surface area (Å²) in [7, 11) is 1.59. The number of carbonyl (C=O) groups excluding carboxylic acids is 1. The average Bonchev–Trinajstić information content (AvgIpc) is 3.36. The molecule has 0 bridgehead atoms. The molecule has 1 aromatic carbocycles. The Balaban J connectivity index is 1.74. The van der Waals surface area contributed by atoms with E-state index in [1.54, 1.807) is 24.6 Å². The highest BCUT2D eigenvalue weighted by Crippen LogP contribution is 2.45. The molecule has 2 N–H and O–H groups in total. The minimum absolute atomic E-state index is 0.0801. The van der Waals surface area contributed by atoms with Gasteiger partial charge in [0.05, 0.1) is 30.6 Å². The topological polar surface area (TPSA) is 66.5 Å². The number of anilines is 2. The van der Waals surface area contributed by atoms with Crippen molar-refractivity contribution < 1.29 is 9.53 Å². The molecule has 1 fully saturated rings. The minimum Gasteiger partial charge on any atom is -0.494 e. The Morgan fingerprint density at radius 2 is 2.06 bits per heavy atom. The van der Waals surface area contributed by atoms with Gasteiger partial charge in [-0.3, -0.25) is 9.78 Å². The van der Waals surface area contributed by atoms with Crippen LogP contribution in [0.25, 0.3) is 0 Å². The van der Waals surface area contributed by atoms with Crippen molar-refractivity contribution >= 4 is 61.9 Å². The number of ether oxygens (including phenoxy) is 1. The van der Waals surface area contributed by atoms with Crippen molar-refractivity contribution in [2.45, 2.75) is 32.9 Å². The largest absolute Gasteiger partial charge is 0.494 e. The van der Waals surface area contributed by atoms with Crippen LogP contribution in [0, 0.1) is 5.41 Å². The molecule has 33 heavy (non-hydrogen) atoms. The lowest BCUT2D eigenvalue weighted by atomic mass is 9.95. The van der Waals surface area contributed by atoms with Gasteiger partial charge in [-0.2, -0.15) is 0 Å². The first-order valence-electron chi connectivity index (χ1n) is 10.4. The van der Waals surface area contributed by atoms with Crippen molar-refractivity contribution in [3.8, 4) is 5.75 Å². The van der Waals surface area contributed by atoms with E-state index in [1.165, 1.54) is 0 Å². The van der Waals surface area contributed by atoms with Crippen LogP contribution in [0.15, 0.2) is 58.5 Å². The van der Waals surface area contributed by atoms with E-state index in [0.29, 0.717) is 16.5 Å². The molecule has 3 aromatic rings. The van der Waals surface area contributed by atoms with Crippen LogP contribution in [0.3, 0.4) is 0 Å². The summed E-state index contributed by atoms with van der Waals surface area (Å²) in [5.74, 6) is 0.490. The molecule has 1 aliphatic rings. The zero-order valence-corrected chi connectivity index (χ0v) is 22.0. The number of aromatic nitrogens is 1. The van der Waals surface area contributed by atoms with E-state index >= 15 is 0 Å². The van der Waals surface area contributed by atoms with Gasteiger partial charge < -0.3 is 20.3 Å². The fourth-order valence-corrected chi connectivity index (χ4v) is 5.57. The van der Waals surface area contributed by atoms with Crippen molar-refractivity contribution in [1.82, 2.24) is 10.3 Å². The van der Waals surface area contributed by atoms with Gasteiger partial charge in [0.25, 0.3) is 0 Å². The smallest absolute Gasteiger partial charge is 0.229 e. The molecule has 9 heteroatoms. The van der Waals surface area contributed by atoms with E-state index in [9.17, 15) is 4.79 Å². The predicted molar refractivity (Wildman–Crippen MR) is 141 cm³/mol. The fourth-order valence-electron chi connectivity index (χ4n) is 3.65. The van der Waals surface area contributed by atoms with Gasteiger partial charge in [0.1, 0.15) is 5.75 Å². The first kappa shape index (κ1) is 23.7. The van der Waals surface area contributed by atoms with Crippen molar-refractivity contribution in [3.63, 3.8) is 0 Å². The first-order valence-corrected chi connectivity index (χ1v) is 12.5. The number of nitrogens with one attached hydrogen (secondary N) is 2. The predicted octanol–water partition coefficient (Wildman–Crippen LogP) is 6.08. The molecule has 6 nitrogen and oxygen atoms in total. The lowest BCUT2D eigenvalue weighted by molar-refractivity contribution is -0.123. The van der Waals surface area contributed by atoms with Gasteiger partial charge >= 0.3 is 0 Å². The van der Waals surface area contributed by atoms with Gasteiger partial charge in [-0.05, 0) is 58.5 Å². The van der Waals surface area contributed by atoms with Gasteiger partial charge in [0, 0.05) is 38.1 Å². The van der Waals surface area contributed by atoms with Crippen LogP contribution in [0.2, 0.25) is 0 Å². The van der Waals surface area contributed by atoms with Crippen LogP contribution in [0.4, 0.5) is 11.4 Å². The normalized spacial score (nSPS) is 18.2. The summed E-state index contributed by atoms with van der Waals surface area (Å²) in [5, 5.41) is 9.09. The second-order valence-electron chi connectivity index (χ2n) is 8.75. The van der Waals surface area contributed by atoms with Gasteiger partial charge in [-0.15, -0.1) is 11.3 Å². The van der Waals surface area contributed by atoms with Crippen molar-refractivity contribution in [2.75, 3.05) is 17.3 Å². The zero-order chi connectivity index (χ0) is 23.8. The molecule has 2 atom stereocenters. The Morgan fingerprint density at radius 1 is 1.27 bits per heavy atom. The van der Waals surface area contributed by atoms with E-state index < -0.39 is 5.41 Å². The highest BCUT2D eigenvalue weighted by molar-refractivity contribution is 9.10. The third kappa shape index (κ3) is 4.90. The quantitative estimate of drug-likeness (QED) is 0.379. The molecule has 0 radical (unpaired) electrons. The molecule has 0 aliphatic carbocycles. The second-order valence-corrected chi connectivity index (χ2v) is 11.0. The Morgan fingerprint density at radius 3 is 2.67 bits per heavy atom. The average molecular weight is 546 g/mol.